The number of aromatic nitrogens is 2. The molecule has 60 heavy (non-hydrogen) atoms. The van der Waals surface area contributed by atoms with E-state index >= 15 is 0 Å². The fourth-order valence-electron chi connectivity index (χ4n) is 6.80. The molecular weight excluding hydrogens is 761 g/mol. The molecule has 1 aromatic heterocycles. The number of hydrogen-bond donors (Lipinski definition) is 7. The molecule has 5 rings (SSSR count). The number of nitrogens with zero attached hydrogens (tertiary/aromatic N) is 2. The van der Waals surface area contributed by atoms with Crippen LogP contribution in [0.3, 0.4) is 0 Å². The number of ether oxygens (including phenoxy) is 1. The number of carbonyl (C=O) groups excluding carboxylic acids is 4. The van der Waals surface area contributed by atoms with Crippen LogP contribution in [-0.2, 0) is 40.4 Å². The molecule has 0 aliphatic rings. The molecule has 0 saturated carbocycles. The summed E-state index contributed by atoms with van der Waals surface area (Å²) in [7, 11) is 3.19. The summed E-state index contributed by atoms with van der Waals surface area (Å²) in [6.45, 7) is 7.89. The van der Waals surface area contributed by atoms with Gasteiger partial charge in [0.25, 0.3) is 0 Å². The lowest BCUT2D eigenvalue weighted by molar-refractivity contribution is -0.134. The van der Waals surface area contributed by atoms with Crippen LogP contribution in [0.5, 0.6) is 5.75 Å². The van der Waals surface area contributed by atoms with E-state index in [2.05, 4.69) is 36.6 Å². The van der Waals surface area contributed by atoms with Crippen molar-refractivity contribution in [2.75, 3.05) is 14.2 Å². The van der Waals surface area contributed by atoms with E-state index in [1.54, 1.807) is 26.3 Å². The summed E-state index contributed by atoms with van der Waals surface area (Å²) in [6, 6.07) is 28.8. The van der Waals surface area contributed by atoms with E-state index in [0.29, 0.717) is 11.6 Å². The van der Waals surface area contributed by atoms with Gasteiger partial charge in [-0.1, -0.05) is 113 Å². The lowest BCUT2D eigenvalue weighted by atomic mass is 9.93. The smallest absolute Gasteiger partial charge is 0.318 e. The number of fused-ring (bicyclic) bond motifs is 1. The van der Waals surface area contributed by atoms with E-state index in [4.69, 9.17) is 4.74 Å². The molecule has 14 heteroatoms. The van der Waals surface area contributed by atoms with E-state index < -0.39 is 48.1 Å². The highest BCUT2D eigenvalue weighted by atomic mass is 16.5. The van der Waals surface area contributed by atoms with Crippen molar-refractivity contribution in [2.24, 2.45) is 11.8 Å². The summed E-state index contributed by atoms with van der Waals surface area (Å²) in [4.78, 5) is 64.9. The van der Waals surface area contributed by atoms with E-state index in [1.807, 2.05) is 125 Å². The van der Waals surface area contributed by atoms with E-state index in [-0.39, 0.29) is 43.8 Å². The highest BCUT2D eigenvalue weighted by molar-refractivity contribution is 5.91. The highest BCUT2D eigenvalue weighted by Gasteiger charge is 2.38. The minimum Gasteiger partial charge on any atom is -0.497 e. The summed E-state index contributed by atoms with van der Waals surface area (Å²) in [6.07, 6.45) is -1.36. The number of nitrogens with one attached hydrogen (secondary N) is 6. The van der Waals surface area contributed by atoms with Crippen LogP contribution in [0.4, 0.5) is 4.79 Å². The van der Waals surface area contributed by atoms with Crippen molar-refractivity contribution in [1.29, 1.82) is 0 Å². The van der Waals surface area contributed by atoms with Gasteiger partial charge in [0, 0.05) is 20.1 Å². The number of methoxy groups -OCH3 is 1. The maximum atomic E-state index is 14.4. The van der Waals surface area contributed by atoms with Crippen LogP contribution in [-0.4, -0.2) is 88.2 Å². The molecule has 5 atom stereocenters. The van der Waals surface area contributed by atoms with Crippen LogP contribution >= 0.6 is 0 Å². The number of imidazole rings is 1. The normalized spacial score (nSPS) is 13.8. The van der Waals surface area contributed by atoms with Gasteiger partial charge < -0.3 is 41.0 Å². The van der Waals surface area contributed by atoms with Gasteiger partial charge in [-0.3, -0.25) is 19.7 Å². The molecule has 7 N–H and O–H groups in total. The Morgan fingerprint density at radius 3 is 1.87 bits per heavy atom. The Labute approximate surface area is 351 Å². The second kappa shape index (κ2) is 21.7. The first-order valence-electron chi connectivity index (χ1n) is 20.3. The first-order chi connectivity index (χ1) is 28.8. The number of rotatable bonds is 20. The van der Waals surface area contributed by atoms with Crippen LogP contribution in [0, 0.1) is 11.8 Å². The molecule has 4 aromatic carbocycles. The minimum absolute atomic E-state index is 0.150. The Morgan fingerprint density at radius 2 is 1.25 bits per heavy atom. The zero-order valence-corrected chi connectivity index (χ0v) is 35.1. The molecule has 5 amide bonds. The Bertz CT molecular complexity index is 2110. The maximum Gasteiger partial charge on any atom is 0.318 e. The zero-order chi connectivity index (χ0) is 43.2. The highest BCUT2D eigenvalue weighted by Crippen LogP contribution is 2.16. The number of carbonyl (C=O) groups is 4. The number of aromatic amines is 1. The zero-order valence-electron chi connectivity index (χ0n) is 35.1. The summed E-state index contributed by atoms with van der Waals surface area (Å²) in [5, 5.41) is 27.2. The van der Waals surface area contributed by atoms with E-state index in [1.165, 1.54) is 4.90 Å². The van der Waals surface area contributed by atoms with Gasteiger partial charge in [-0.25, -0.2) is 9.78 Å². The lowest BCUT2D eigenvalue weighted by Crippen LogP contribution is -2.63. The molecule has 0 unspecified atom stereocenters. The van der Waals surface area contributed by atoms with Crippen LogP contribution < -0.4 is 31.3 Å². The van der Waals surface area contributed by atoms with Crippen LogP contribution in [0.1, 0.15) is 50.2 Å². The third kappa shape index (κ3) is 12.6. The molecule has 14 nitrogen and oxygen atoms in total. The molecule has 0 fully saturated rings. The summed E-state index contributed by atoms with van der Waals surface area (Å²) >= 11 is 0. The molecule has 318 valence electrons. The van der Waals surface area contributed by atoms with Gasteiger partial charge in [0.1, 0.15) is 29.7 Å². The molecule has 0 saturated heterocycles. The number of urea groups is 1. The Kier molecular flexibility index (Phi) is 16.2. The Morgan fingerprint density at radius 1 is 0.683 bits per heavy atom. The molecule has 0 aliphatic heterocycles. The molecular formula is C46H58N8O6. The van der Waals surface area contributed by atoms with Crippen LogP contribution in [0.15, 0.2) is 109 Å². The van der Waals surface area contributed by atoms with Gasteiger partial charge in [0.15, 0.2) is 0 Å². The van der Waals surface area contributed by atoms with Gasteiger partial charge in [-0.15, -0.1) is 0 Å². The van der Waals surface area contributed by atoms with Crippen molar-refractivity contribution in [3.63, 3.8) is 0 Å². The van der Waals surface area contributed by atoms with Gasteiger partial charge in [0.2, 0.25) is 17.7 Å². The Balaban J connectivity index is 1.37. The Hall–Kier alpha value is -6.25. The van der Waals surface area contributed by atoms with Crippen molar-refractivity contribution in [2.45, 2.75) is 84.0 Å². The predicted molar refractivity (Wildman–Crippen MR) is 231 cm³/mol. The number of para-hydroxylation sites is 2. The number of benzene rings is 4. The van der Waals surface area contributed by atoms with Gasteiger partial charge in [-0.2, -0.15) is 0 Å². The first kappa shape index (κ1) is 44.8. The predicted octanol–water partition coefficient (Wildman–Crippen LogP) is 4.44. The average Bonchev–Trinajstić information content (AvgIpc) is 3.66. The maximum absolute atomic E-state index is 14.4. The fourth-order valence-corrected chi connectivity index (χ4v) is 6.80. The average molecular weight is 819 g/mol. The fraction of sp³-hybridized carbons (Fsp3) is 0.370. The summed E-state index contributed by atoms with van der Waals surface area (Å²) in [5.41, 5.74) is 4.13. The standard InChI is InChI=1S/C46H58N8O6/c1-29(2)39(43(56)48-27-32-17-11-8-12-18-32)52-45(58)41(47-26-33-21-23-34(60-6)24-22-33)42(55)37(25-31-15-9-7-10-16-31)51-44(57)40(30(3)4)53-46(59)54(5)28-38-49-35-19-13-14-20-36(35)50-38/h7-24,29-30,37,39-42,47,55H,25-28H2,1-6H3,(H,48,56)(H,49,50)(H,51,57)(H,52,58)(H,53,59)/t37-,39-,40-,41+,42+/m0/s1. The summed E-state index contributed by atoms with van der Waals surface area (Å²) in [5.74, 6) is -0.942. The number of H-pyrrole nitrogens is 1. The van der Waals surface area contributed by atoms with Crippen molar-refractivity contribution in [3.05, 3.63) is 132 Å². The molecule has 0 spiro atoms. The number of hydrogen-bond acceptors (Lipinski definition) is 8. The van der Waals surface area contributed by atoms with E-state index in [0.717, 1.165) is 27.7 Å². The quantitative estimate of drug-likeness (QED) is 0.0600. The van der Waals surface area contributed by atoms with E-state index in [9.17, 15) is 24.3 Å². The minimum atomic E-state index is -1.51. The number of aliphatic hydroxyl groups is 1. The molecule has 5 aromatic rings. The van der Waals surface area contributed by atoms with Crippen molar-refractivity contribution < 1.29 is 29.0 Å². The number of amides is 5. The topological polar surface area (TPSA) is 190 Å². The monoisotopic (exact) mass is 818 g/mol. The van der Waals surface area contributed by atoms with Crippen LogP contribution in [0.25, 0.3) is 11.0 Å². The van der Waals surface area contributed by atoms with Crippen molar-refractivity contribution in [3.8, 4) is 5.75 Å². The van der Waals surface area contributed by atoms with Gasteiger partial charge >= 0.3 is 6.03 Å². The second-order valence-corrected chi connectivity index (χ2v) is 15.7. The molecule has 1 heterocycles. The molecule has 0 radical (unpaired) electrons. The van der Waals surface area contributed by atoms with Gasteiger partial charge in [-0.05, 0) is 59.2 Å². The van der Waals surface area contributed by atoms with Crippen LogP contribution in [0.2, 0.25) is 0 Å². The SMILES string of the molecule is COc1ccc(CN[C@@H](C(=O)N[C@H](C(=O)NCc2ccccc2)C(C)C)[C@H](O)[C@H](Cc2ccccc2)NC(=O)[C@@H](NC(=O)N(C)Cc2nc3ccccc3[nH]2)C(C)C)cc1. The third-order valence-corrected chi connectivity index (χ3v) is 10.3. The van der Waals surface area contributed by atoms with Crippen molar-refractivity contribution in [1.82, 2.24) is 41.5 Å². The lowest BCUT2D eigenvalue weighted by Gasteiger charge is -2.34. The molecule has 0 bridgehead atoms. The molecule has 0 aliphatic carbocycles. The third-order valence-electron chi connectivity index (χ3n) is 10.3. The second-order valence-electron chi connectivity index (χ2n) is 15.7. The van der Waals surface area contributed by atoms with Crippen molar-refractivity contribution >= 4 is 34.8 Å². The van der Waals surface area contributed by atoms with Gasteiger partial charge in [0.05, 0.1) is 36.8 Å². The first-order valence-corrected chi connectivity index (χ1v) is 20.3. The number of aliphatic hydroxyl groups excluding tert-OH is 1. The largest absolute Gasteiger partial charge is 0.497 e. The summed E-state index contributed by atoms with van der Waals surface area (Å²) < 4.78 is 5.31.